The molecule has 0 bridgehead atoms. The number of anilines is 2. The lowest BCUT2D eigenvalue weighted by molar-refractivity contribution is -0.123. The van der Waals surface area contributed by atoms with E-state index in [1.807, 2.05) is 30.3 Å². The van der Waals surface area contributed by atoms with Gasteiger partial charge in [0.2, 0.25) is 5.13 Å². The molecule has 1 aliphatic carbocycles. The van der Waals surface area contributed by atoms with E-state index in [9.17, 15) is 4.79 Å². The molecule has 0 aliphatic heterocycles. The number of carbonyl (C=O) groups is 1. The fraction of sp³-hybridized carbons (Fsp3) is 0.304. The van der Waals surface area contributed by atoms with E-state index in [0.717, 1.165) is 45.6 Å². The van der Waals surface area contributed by atoms with E-state index in [2.05, 4.69) is 31.8 Å². The van der Waals surface area contributed by atoms with Crippen LogP contribution in [0.2, 0.25) is 5.02 Å². The number of nitrogens with zero attached hydrogens (tertiary/aromatic N) is 3. The molecule has 0 unspecified atom stereocenters. The number of fused-ring (bicyclic) bond motifs is 1. The number of carbonyl (C=O) groups excluding carboxylic acids is 1. The Kier molecular flexibility index (Phi) is 5.70. The summed E-state index contributed by atoms with van der Waals surface area (Å²) in [6, 6.07) is 11.9. The molecule has 2 aromatic heterocycles. The molecule has 0 amide bonds. The van der Waals surface area contributed by atoms with Gasteiger partial charge >= 0.3 is 0 Å². The summed E-state index contributed by atoms with van der Waals surface area (Å²) >= 11 is 7.94. The predicted octanol–water partition coefficient (Wildman–Crippen LogP) is 6.17. The Balaban J connectivity index is 1.31. The summed E-state index contributed by atoms with van der Waals surface area (Å²) in [4.78, 5) is 12.7. The summed E-state index contributed by atoms with van der Waals surface area (Å²) in [5, 5.41) is 21.7. The number of ketones is 1. The summed E-state index contributed by atoms with van der Waals surface area (Å²) in [6.45, 7) is 0. The van der Waals surface area contributed by atoms with Crippen molar-refractivity contribution in [2.75, 3.05) is 5.32 Å². The van der Waals surface area contributed by atoms with Crippen molar-refractivity contribution in [3.8, 4) is 10.6 Å². The molecule has 4 aromatic rings. The molecular weight excluding hydrogens is 430 g/mol. The maximum absolute atomic E-state index is 12.7. The maximum Gasteiger partial charge on any atom is 0.210 e. The van der Waals surface area contributed by atoms with Crippen LogP contribution in [0.15, 0.2) is 42.6 Å². The topological polar surface area (TPSA) is 83.6 Å². The Morgan fingerprint density at radius 3 is 2.90 bits per heavy atom. The van der Waals surface area contributed by atoms with Gasteiger partial charge in [-0.2, -0.15) is 5.10 Å². The molecule has 1 fully saturated rings. The number of hydrogen-bond donors (Lipinski definition) is 2. The second-order valence-electron chi connectivity index (χ2n) is 7.97. The Morgan fingerprint density at radius 2 is 2.03 bits per heavy atom. The Hall–Kier alpha value is -2.77. The fourth-order valence-corrected chi connectivity index (χ4v) is 5.18. The highest BCUT2D eigenvalue weighted by Crippen LogP contribution is 2.34. The van der Waals surface area contributed by atoms with Crippen molar-refractivity contribution in [3.63, 3.8) is 0 Å². The van der Waals surface area contributed by atoms with Gasteiger partial charge in [-0.15, -0.1) is 10.2 Å². The molecule has 8 heteroatoms. The lowest BCUT2D eigenvalue weighted by atomic mass is 9.84. The van der Waals surface area contributed by atoms with Crippen molar-refractivity contribution >= 4 is 50.4 Å². The van der Waals surface area contributed by atoms with E-state index in [4.69, 9.17) is 11.6 Å². The van der Waals surface area contributed by atoms with Crippen LogP contribution in [0.3, 0.4) is 0 Å². The van der Waals surface area contributed by atoms with Gasteiger partial charge < -0.3 is 5.32 Å². The van der Waals surface area contributed by atoms with Crippen LogP contribution in [0.4, 0.5) is 10.8 Å². The minimum absolute atomic E-state index is 0.229. The number of aromatic nitrogens is 4. The van der Waals surface area contributed by atoms with Gasteiger partial charge in [0.05, 0.1) is 22.4 Å². The predicted molar refractivity (Wildman–Crippen MR) is 125 cm³/mol. The summed E-state index contributed by atoms with van der Waals surface area (Å²) in [6.07, 6.45) is 7.88. The van der Waals surface area contributed by atoms with E-state index in [1.54, 1.807) is 6.20 Å². The lowest BCUT2D eigenvalue weighted by Gasteiger charge is -2.20. The third-order valence-electron chi connectivity index (χ3n) is 5.84. The first-order valence-electron chi connectivity index (χ1n) is 10.5. The second-order valence-corrected chi connectivity index (χ2v) is 9.33. The lowest BCUT2D eigenvalue weighted by Crippen LogP contribution is -2.19. The highest BCUT2D eigenvalue weighted by atomic mass is 35.5. The third-order valence-corrected chi connectivity index (χ3v) is 7.13. The molecule has 6 nitrogen and oxygen atoms in total. The van der Waals surface area contributed by atoms with Crippen LogP contribution in [0.25, 0.3) is 21.5 Å². The number of Topliss-reactive ketones (excluding diaryl/α,β-unsaturated/α-hetero) is 1. The zero-order chi connectivity index (χ0) is 21.2. The Morgan fingerprint density at radius 1 is 1.16 bits per heavy atom. The van der Waals surface area contributed by atoms with Gasteiger partial charge in [0.25, 0.3) is 0 Å². The highest BCUT2D eigenvalue weighted by molar-refractivity contribution is 7.18. The quantitative estimate of drug-likeness (QED) is 0.366. The summed E-state index contributed by atoms with van der Waals surface area (Å²) in [5.41, 5.74) is 3.64. The standard InChI is InChI=1S/C23H22ClN5OS/c24-21-17-13-25-27-18(17)9-10-19(21)26-23-29-28-22(31-23)16-8-4-5-14(11-16)12-20(30)15-6-2-1-3-7-15/h4-5,8-11,13,15H,1-3,6-7,12H2,(H,25,27)(H,26,29). The van der Waals surface area contributed by atoms with Gasteiger partial charge in [-0.25, -0.2) is 0 Å². The van der Waals surface area contributed by atoms with Gasteiger partial charge in [-0.3, -0.25) is 9.89 Å². The normalized spacial score (nSPS) is 14.7. The molecule has 5 rings (SSSR count). The SMILES string of the molecule is O=C(Cc1cccc(-c2nnc(Nc3ccc4[nH]ncc4c3Cl)s2)c1)C1CCCCC1. The van der Waals surface area contributed by atoms with Crippen LogP contribution in [0.1, 0.15) is 37.7 Å². The van der Waals surface area contributed by atoms with Crippen molar-refractivity contribution < 1.29 is 4.79 Å². The first-order chi connectivity index (χ1) is 15.2. The first-order valence-corrected chi connectivity index (χ1v) is 11.7. The fourth-order valence-electron chi connectivity index (χ4n) is 4.17. The van der Waals surface area contributed by atoms with Gasteiger partial charge in [0.1, 0.15) is 10.8 Å². The number of benzene rings is 2. The molecule has 1 saturated carbocycles. The van der Waals surface area contributed by atoms with E-state index in [1.165, 1.54) is 30.6 Å². The molecule has 2 aromatic carbocycles. The molecule has 0 spiro atoms. The number of hydrogen-bond acceptors (Lipinski definition) is 6. The molecule has 158 valence electrons. The first kappa shape index (κ1) is 20.2. The average molecular weight is 452 g/mol. The van der Waals surface area contributed by atoms with Crippen molar-refractivity contribution in [2.45, 2.75) is 38.5 Å². The number of rotatable bonds is 6. The number of nitrogens with one attached hydrogen (secondary N) is 2. The van der Waals surface area contributed by atoms with Crippen LogP contribution < -0.4 is 5.32 Å². The summed E-state index contributed by atoms with van der Waals surface area (Å²) in [7, 11) is 0. The van der Waals surface area contributed by atoms with Crippen LogP contribution in [0.5, 0.6) is 0 Å². The third kappa shape index (κ3) is 4.34. The number of H-pyrrole nitrogens is 1. The van der Waals surface area contributed by atoms with E-state index < -0.39 is 0 Å². The molecule has 0 atom stereocenters. The van der Waals surface area contributed by atoms with E-state index >= 15 is 0 Å². The number of halogens is 1. The molecule has 1 aliphatic rings. The van der Waals surface area contributed by atoms with Crippen LogP contribution >= 0.6 is 22.9 Å². The smallest absolute Gasteiger partial charge is 0.210 e. The van der Waals surface area contributed by atoms with E-state index in [0.29, 0.717) is 22.4 Å². The van der Waals surface area contributed by atoms with E-state index in [-0.39, 0.29) is 5.92 Å². The van der Waals surface area contributed by atoms with Crippen molar-refractivity contribution in [1.82, 2.24) is 20.4 Å². The highest BCUT2D eigenvalue weighted by Gasteiger charge is 2.21. The van der Waals surface area contributed by atoms with Gasteiger partial charge in [0.15, 0.2) is 0 Å². The largest absolute Gasteiger partial charge is 0.329 e. The Bertz CT molecular complexity index is 1230. The zero-order valence-electron chi connectivity index (χ0n) is 16.9. The maximum atomic E-state index is 12.7. The van der Waals surface area contributed by atoms with Crippen LogP contribution in [-0.4, -0.2) is 26.2 Å². The average Bonchev–Trinajstić information content (AvgIpc) is 3.47. The molecule has 0 saturated heterocycles. The minimum atomic E-state index is 0.229. The molecule has 0 radical (unpaired) electrons. The molecule has 2 heterocycles. The zero-order valence-corrected chi connectivity index (χ0v) is 18.5. The minimum Gasteiger partial charge on any atom is -0.329 e. The van der Waals surface area contributed by atoms with Crippen LogP contribution in [0, 0.1) is 5.92 Å². The number of aromatic amines is 1. The van der Waals surface area contributed by atoms with Crippen molar-refractivity contribution in [1.29, 1.82) is 0 Å². The summed E-state index contributed by atoms with van der Waals surface area (Å²) < 4.78 is 0. The monoisotopic (exact) mass is 451 g/mol. The molecule has 31 heavy (non-hydrogen) atoms. The second kappa shape index (κ2) is 8.77. The van der Waals surface area contributed by atoms with Crippen molar-refractivity contribution in [2.24, 2.45) is 5.92 Å². The van der Waals surface area contributed by atoms with Gasteiger partial charge in [-0.05, 0) is 36.6 Å². The Labute approximate surface area is 189 Å². The van der Waals surface area contributed by atoms with Gasteiger partial charge in [0, 0.05) is 23.3 Å². The van der Waals surface area contributed by atoms with Crippen molar-refractivity contribution in [3.05, 3.63) is 53.2 Å². The molecular formula is C23H22ClN5OS. The van der Waals surface area contributed by atoms with Gasteiger partial charge in [-0.1, -0.05) is 60.4 Å². The summed E-state index contributed by atoms with van der Waals surface area (Å²) in [5.74, 6) is 0.591. The molecule has 2 N–H and O–H groups in total. The van der Waals surface area contributed by atoms with Crippen LogP contribution in [-0.2, 0) is 11.2 Å².